The molecular formula is C11H20O2. The predicted molar refractivity (Wildman–Crippen MR) is 54.7 cm³/mol. The van der Waals surface area contributed by atoms with Crippen molar-refractivity contribution in [2.45, 2.75) is 39.7 Å². The molecule has 13 heavy (non-hydrogen) atoms. The monoisotopic (exact) mass is 184 g/mol. The zero-order valence-corrected chi connectivity index (χ0v) is 9.04. The topological polar surface area (TPSA) is 26.3 Å². The number of methoxy groups -OCH3 is 1. The van der Waals surface area contributed by atoms with Gasteiger partial charge in [-0.15, -0.1) is 0 Å². The summed E-state index contributed by atoms with van der Waals surface area (Å²) >= 11 is 0. The summed E-state index contributed by atoms with van der Waals surface area (Å²) in [6.45, 7) is 5.91. The van der Waals surface area contributed by atoms with Crippen LogP contribution in [0.1, 0.15) is 33.6 Å². The fraction of sp³-hybridized carbons (Fsp3) is 0.727. The summed E-state index contributed by atoms with van der Waals surface area (Å²) in [7, 11) is 1.63. The second kappa shape index (κ2) is 6.84. The SMILES string of the molecule is COC(C=CCC(C)C)CC(C)=O. The Morgan fingerprint density at radius 3 is 2.46 bits per heavy atom. The van der Waals surface area contributed by atoms with Crippen LogP contribution in [0.25, 0.3) is 0 Å². The number of carbonyl (C=O) groups is 1. The number of hydrogen-bond donors (Lipinski definition) is 0. The highest BCUT2D eigenvalue weighted by molar-refractivity contribution is 5.76. The number of rotatable bonds is 6. The van der Waals surface area contributed by atoms with Gasteiger partial charge in [0.05, 0.1) is 6.10 Å². The van der Waals surface area contributed by atoms with Gasteiger partial charge in [-0.25, -0.2) is 0 Å². The zero-order valence-electron chi connectivity index (χ0n) is 9.04. The van der Waals surface area contributed by atoms with Crippen LogP contribution in [0, 0.1) is 5.92 Å². The van der Waals surface area contributed by atoms with Crippen molar-refractivity contribution in [1.29, 1.82) is 0 Å². The number of ketones is 1. The molecule has 0 amide bonds. The number of allylic oxidation sites excluding steroid dienone is 1. The molecule has 0 rings (SSSR count). The third-order valence-corrected chi connectivity index (χ3v) is 1.75. The van der Waals surface area contributed by atoms with Crippen molar-refractivity contribution < 1.29 is 9.53 Å². The maximum Gasteiger partial charge on any atom is 0.132 e. The number of Topliss-reactive ketones (excluding diaryl/α,β-unsaturated/α-hetero) is 1. The Balaban J connectivity index is 3.82. The number of carbonyl (C=O) groups excluding carboxylic acids is 1. The van der Waals surface area contributed by atoms with Gasteiger partial charge in [0.1, 0.15) is 5.78 Å². The molecule has 76 valence electrons. The van der Waals surface area contributed by atoms with Gasteiger partial charge in [0.25, 0.3) is 0 Å². The lowest BCUT2D eigenvalue weighted by molar-refractivity contribution is -0.118. The van der Waals surface area contributed by atoms with Crippen LogP contribution in [-0.4, -0.2) is 19.0 Å². The van der Waals surface area contributed by atoms with E-state index in [0.29, 0.717) is 12.3 Å². The molecule has 0 aromatic carbocycles. The lowest BCUT2D eigenvalue weighted by atomic mass is 10.1. The van der Waals surface area contributed by atoms with E-state index in [1.54, 1.807) is 14.0 Å². The van der Waals surface area contributed by atoms with Crippen molar-refractivity contribution in [3.63, 3.8) is 0 Å². The van der Waals surface area contributed by atoms with Crippen molar-refractivity contribution in [2.75, 3.05) is 7.11 Å². The van der Waals surface area contributed by atoms with Crippen molar-refractivity contribution >= 4 is 5.78 Å². The van der Waals surface area contributed by atoms with Gasteiger partial charge in [0, 0.05) is 13.5 Å². The van der Waals surface area contributed by atoms with Crippen LogP contribution in [-0.2, 0) is 9.53 Å². The highest BCUT2D eigenvalue weighted by Gasteiger charge is 2.05. The van der Waals surface area contributed by atoms with Gasteiger partial charge in [0.15, 0.2) is 0 Å². The molecule has 0 bridgehead atoms. The first-order chi connectivity index (χ1) is 6.06. The van der Waals surface area contributed by atoms with Gasteiger partial charge in [-0.2, -0.15) is 0 Å². The fourth-order valence-corrected chi connectivity index (χ4v) is 1.02. The van der Waals surface area contributed by atoms with Crippen LogP contribution >= 0.6 is 0 Å². The smallest absolute Gasteiger partial charge is 0.132 e. The van der Waals surface area contributed by atoms with E-state index in [1.807, 2.05) is 6.08 Å². The quantitative estimate of drug-likeness (QED) is 0.593. The lowest BCUT2D eigenvalue weighted by Gasteiger charge is -2.08. The molecule has 0 aliphatic carbocycles. The average molecular weight is 184 g/mol. The zero-order chi connectivity index (χ0) is 10.3. The van der Waals surface area contributed by atoms with Crippen LogP contribution in [0.5, 0.6) is 0 Å². The van der Waals surface area contributed by atoms with E-state index in [4.69, 9.17) is 4.74 Å². The maximum atomic E-state index is 10.8. The molecule has 0 aliphatic rings. The molecule has 0 fully saturated rings. The molecule has 0 saturated heterocycles. The second-order valence-electron chi connectivity index (χ2n) is 3.74. The summed E-state index contributed by atoms with van der Waals surface area (Å²) in [5.74, 6) is 0.826. The molecular weight excluding hydrogens is 164 g/mol. The first-order valence-electron chi connectivity index (χ1n) is 4.75. The van der Waals surface area contributed by atoms with Crippen molar-refractivity contribution in [3.8, 4) is 0 Å². The van der Waals surface area contributed by atoms with Gasteiger partial charge in [0.2, 0.25) is 0 Å². The van der Waals surface area contributed by atoms with Crippen LogP contribution in [0.3, 0.4) is 0 Å². The minimum absolute atomic E-state index is 0.0451. The molecule has 0 aliphatic heterocycles. The Morgan fingerprint density at radius 2 is 2.08 bits per heavy atom. The Morgan fingerprint density at radius 1 is 1.46 bits per heavy atom. The maximum absolute atomic E-state index is 10.8. The van der Waals surface area contributed by atoms with Crippen molar-refractivity contribution in [2.24, 2.45) is 5.92 Å². The van der Waals surface area contributed by atoms with E-state index < -0.39 is 0 Å². The summed E-state index contributed by atoms with van der Waals surface area (Å²) in [5.41, 5.74) is 0. The van der Waals surface area contributed by atoms with E-state index in [1.165, 1.54) is 0 Å². The minimum Gasteiger partial charge on any atom is -0.377 e. The van der Waals surface area contributed by atoms with Crippen LogP contribution in [0.4, 0.5) is 0 Å². The fourth-order valence-electron chi connectivity index (χ4n) is 1.02. The largest absolute Gasteiger partial charge is 0.377 e. The second-order valence-corrected chi connectivity index (χ2v) is 3.74. The van der Waals surface area contributed by atoms with Gasteiger partial charge in [-0.1, -0.05) is 26.0 Å². The van der Waals surface area contributed by atoms with Gasteiger partial charge in [-0.05, 0) is 19.3 Å². The summed E-state index contributed by atoms with van der Waals surface area (Å²) in [4.78, 5) is 10.8. The molecule has 2 nitrogen and oxygen atoms in total. The minimum atomic E-state index is -0.0451. The van der Waals surface area contributed by atoms with Crippen LogP contribution < -0.4 is 0 Å². The van der Waals surface area contributed by atoms with Crippen LogP contribution in [0.2, 0.25) is 0 Å². The molecule has 1 atom stereocenters. The van der Waals surface area contributed by atoms with Crippen LogP contribution in [0.15, 0.2) is 12.2 Å². The first kappa shape index (κ1) is 12.4. The summed E-state index contributed by atoms with van der Waals surface area (Å²) < 4.78 is 5.14. The van der Waals surface area contributed by atoms with E-state index in [-0.39, 0.29) is 11.9 Å². The summed E-state index contributed by atoms with van der Waals surface area (Å²) in [6, 6.07) is 0. The molecule has 0 saturated carbocycles. The first-order valence-corrected chi connectivity index (χ1v) is 4.75. The molecule has 0 aromatic heterocycles. The molecule has 0 N–H and O–H groups in total. The van der Waals surface area contributed by atoms with Crippen molar-refractivity contribution in [1.82, 2.24) is 0 Å². The third kappa shape index (κ3) is 7.72. The molecule has 1 unspecified atom stereocenters. The Labute approximate surface area is 81.0 Å². The Bertz CT molecular complexity index is 171. The normalized spacial score (nSPS) is 13.9. The van der Waals surface area contributed by atoms with Crippen molar-refractivity contribution in [3.05, 3.63) is 12.2 Å². The average Bonchev–Trinajstić information content (AvgIpc) is 2.01. The van der Waals surface area contributed by atoms with Gasteiger partial charge >= 0.3 is 0 Å². The molecule has 0 spiro atoms. The molecule has 2 heteroatoms. The van der Waals surface area contributed by atoms with Gasteiger partial charge < -0.3 is 4.74 Å². The Hall–Kier alpha value is -0.630. The van der Waals surface area contributed by atoms with E-state index in [9.17, 15) is 4.79 Å². The number of ether oxygens (including phenoxy) is 1. The highest BCUT2D eigenvalue weighted by Crippen LogP contribution is 2.04. The molecule has 0 radical (unpaired) electrons. The highest BCUT2D eigenvalue weighted by atomic mass is 16.5. The Kier molecular flexibility index (Phi) is 6.51. The molecule has 0 aromatic rings. The predicted octanol–water partition coefficient (Wildman–Crippen LogP) is 2.58. The number of hydrogen-bond acceptors (Lipinski definition) is 2. The summed E-state index contributed by atoms with van der Waals surface area (Å²) in [5, 5.41) is 0. The van der Waals surface area contributed by atoms with Gasteiger partial charge in [-0.3, -0.25) is 4.79 Å². The third-order valence-electron chi connectivity index (χ3n) is 1.75. The molecule has 0 heterocycles. The van der Waals surface area contributed by atoms with E-state index in [0.717, 1.165) is 6.42 Å². The summed E-state index contributed by atoms with van der Waals surface area (Å²) in [6.07, 6.45) is 5.53. The lowest BCUT2D eigenvalue weighted by Crippen LogP contribution is -2.11. The standard InChI is InChI=1S/C11H20O2/c1-9(2)6-5-7-11(13-4)8-10(3)12/h5,7,9,11H,6,8H2,1-4H3. The van der Waals surface area contributed by atoms with E-state index in [2.05, 4.69) is 19.9 Å². The van der Waals surface area contributed by atoms with E-state index >= 15 is 0 Å².